The average Bonchev–Trinajstić information content (AvgIpc) is 2.84. The van der Waals surface area contributed by atoms with Gasteiger partial charge < -0.3 is 15.4 Å². The molecule has 0 radical (unpaired) electrons. The molecule has 1 aromatic rings. The zero-order valence-corrected chi connectivity index (χ0v) is 13.1. The lowest BCUT2D eigenvalue weighted by atomic mass is 9.89. The first-order valence-electron chi connectivity index (χ1n) is 8.09. The summed E-state index contributed by atoms with van der Waals surface area (Å²) in [4.78, 5) is 15.9. The standard InChI is InChI=1S/C16H20F3N3O2/c17-16(18,19)9-24-15-4-3-13(8-20-15)22-14(23)7-10-5-11-1-2-12(6-10)21-11/h3-4,8,10-12,21H,1-2,5-7,9H2,(H,22,23). The number of aromatic nitrogens is 1. The molecular weight excluding hydrogens is 323 g/mol. The lowest BCUT2D eigenvalue weighted by Gasteiger charge is -2.28. The van der Waals surface area contributed by atoms with Gasteiger partial charge in [-0.15, -0.1) is 0 Å². The Hall–Kier alpha value is -1.83. The van der Waals surface area contributed by atoms with E-state index in [1.807, 2.05) is 0 Å². The van der Waals surface area contributed by atoms with Gasteiger partial charge in [-0.25, -0.2) is 4.98 Å². The Balaban J connectivity index is 1.46. The van der Waals surface area contributed by atoms with Crippen molar-refractivity contribution in [3.8, 4) is 5.88 Å². The van der Waals surface area contributed by atoms with Crippen molar-refractivity contribution in [2.24, 2.45) is 5.92 Å². The summed E-state index contributed by atoms with van der Waals surface area (Å²) in [6.07, 6.45) is 1.77. The third-order valence-electron chi connectivity index (χ3n) is 4.45. The van der Waals surface area contributed by atoms with Gasteiger partial charge in [0.2, 0.25) is 11.8 Å². The van der Waals surface area contributed by atoms with Crippen molar-refractivity contribution in [2.45, 2.75) is 50.4 Å². The lowest BCUT2D eigenvalue weighted by molar-refractivity contribution is -0.154. The maximum atomic E-state index is 12.1. The number of nitrogens with zero attached hydrogens (tertiary/aromatic N) is 1. The van der Waals surface area contributed by atoms with Crippen LogP contribution in [0.5, 0.6) is 5.88 Å². The van der Waals surface area contributed by atoms with E-state index in [9.17, 15) is 18.0 Å². The molecular formula is C16H20F3N3O2. The molecule has 2 aliphatic heterocycles. The van der Waals surface area contributed by atoms with Gasteiger partial charge in [-0.1, -0.05) is 0 Å². The number of piperidine rings is 1. The number of nitrogens with one attached hydrogen (secondary N) is 2. The van der Waals surface area contributed by atoms with E-state index in [4.69, 9.17) is 0 Å². The molecule has 24 heavy (non-hydrogen) atoms. The number of anilines is 1. The molecule has 1 aromatic heterocycles. The highest BCUT2D eigenvalue weighted by Crippen LogP contribution is 2.32. The zero-order valence-electron chi connectivity index (χ0n) is 13.1. The number of amides is 1. The van der Waals surface area contributed by atoms with Crippen LogP contribution in [0, 0.1) is 5.92 Å². The second-order valence-electron chi connectivity index (χ2n) is 6.52. The Labute approximate surface area is 138 Å². The first-order valence-corrected chi connectivity index (χ1v) is 8.09. The maximum Gasteiger partial charge on any atom is 0.422 e. The monoisotopic (exact) mass is 343 g/mol. The van der Waals surface area contributed by atoms with Crippen molar-refractivity contribution in [3.63, 3.8) is 0 Å². The quantitative estimate of drug-likeness (QED) is 0.863. The fourth-order valence-electron chi connectivity index (χ4n) is 3.51. The summed E-state index contributed by atoms with van der Waals surface area (Å²) in [5, 5.41) is 6.28. The summed E-state index contributed by atoms with van der Waals surface area (Å²) in [6, 6.07) is 3.87. The SMILES string of the molecule is O=C(CC1CC2CCC(C1)N2)Nc1ccc(OCC(F)(F)F)nc1. The van der Waals surface area contributed by atoms with Crippen molar-refractivity contribution < 1.29 is 22.7 Å². The molecule has 3 heterocycles. The third kappa shape index (κ3) is 4.83. The molecule has 0 spiro atoms. The van der Waals surface area contributed by atoms with Crippen LogP contribution in [0.15, 0.2) is 18.3 Å². The van der Waals surface area contributed by atoms with Crippen LogP contribution in [0.2, 0.25) is 0 Å². The van der Waals surface area contributed by atoms with Crippen molar-refractivity contribution in [2.75, 3.05) is 11.9 Å². The van der Waals surface area contributed by atoms with E-state index in [1.54, 1.807) is 0 Å². The van der Waals surface area contributed by atoms with Crippen molar-refractivity contribution in [3.05, 3.63) is 18.3 Å². The number of ether oxygens (including phenoxy) is 1. The van der Waals surface area contributed by atoms with Gasteiger partial charge in [0.15, 0.2) is 6.61 Å². The fourth-order valence-corrected chi connectivity index (χ4v) is 3.51. The number of rotatable bonds is 5. The van der Waals surface area contributed by atoms with E-state index >= 15 is 0 Å². The molecule has 1 amide bonds. The van der Waals surface area contributed by atoms with Gasteiger partial charge in [-0.3, -0.25) is 4.79 Å². The summed E-state index contributed by atoms with van der Waals surface area (Å²) in [5.74, 6) is 0.165. The Morgan fingerprint density at radius 2 is 2.00 bits per heavy atom. The number of carbonyl (C=O) groups is 1. The second kappa shape index (κ2) is 6.96. The van der Waals surface area contributed by atoms with E-state index in [0.29, 0.717) is 30.1 Å². The Bertz CT molecular complexity index is 565. The molecule has 8 heteroatoms. The lowest BCUT2D eigenvalue weighted by Crippen LogP contribution is -2.39. The molecule has 132 valence electrons. The molecule has 2 N–H and O–H groups in total. The highest BCUT2D eigenvalue weighted by molar-refractivity contribution is 5.90. The highest BCUT2D eigenvalue weighted by Gasteiger charge is 2.34. The van der Waals surface area contributed by atoms with Crippen LogP contribution in [0.3, 0.4) is 0 Å². The van der Waals surface area contributed by atoms with Crippen LogP contribution in [0.25, 0.3) is 0 Å². The molecule has 0 saturated carbocycles. The number of alkyl halides is 3. The van der Waals surface area contributed by atoms with Gasteiger partial charge >= 0.3 is 6.18 Å². The average molecular weight is 343 g/mol. The van der Waals surface area contributed by atoms with E-state index in [0.717, 1.165) is 12.8 Å². The predicted octanol–water partition coefficient (Wildman–Crippen LogP) is 2.88. The number of halogens is 3. The number of fused-ring (bicyclic) bond motifs is 2. The van der Waals surface area contributed by atoms with Crippen LogP contribution < -0.4 is 15.4 Å². The largest absolute Gasteiger partial charge is 0.468 e. The molecule has 2 bridgehead atoms. The molecule has 2 atom stereocenters. The summed E-state index contributed by atoms with van der Waals surface area (Å²) >= 11 is 0. The molecule has 3 rings (SSSR count). The minimum Gasteiger partial charge on any atom is -0.468 e. The maximum absolute atomic E-state index is 12.1. The minimum absolute atomic E-state index is 0.0907. The van der Waals surface area contributed by atoms with Gasteiger partial charge in [0.05, 0.1) is 11.9 Å². The second-order valence-corrected chi connectivity index (χ2v) is 6.52. The van der Waals surface area contributed by atoms with E-state index < -0.39 is 12.8 Å². The molecule has 2 saturated heterocycles. The predicted molar refractivity (Wildman–Crippen MR) is 81.7 cm³/mol. The fraction of sp³-hybridized carbons (Fsp3) is 0.625. The number of carbonyl (C=O) groups excluding carboxylic acids is 1. The smallest absolute Gasteiger partial charge is 0.422 e. The van der Waals surface area contributed by atoms with Gasteiger partial charge in [0.25, 0.3) is 0 Å². The summed E-state index contributed by atoms with van der Waals surface area (Å²) in [6.45, 7) is -1.39. The van der Waals surface area contributed by atoms with E-state index in [2.05, 4.69) is 20.4 Å². The van der Waals surface area contributed by atoms with Crippen LogP contribution >= 0.6 is 0 Å². The summed E-state index contributed by atoms with van der Waals surface area (Å²) in [5.41, 5.74) is 0.455. The molecule has 5 nitrogen and oxygen atoms in total. The molecule has 0 aromatic carbocycles. The Morgan fingerprint density at radius 3 is 2.58 bits per heavy atom. The summed E-state index contributed by atoms with van der Waals surface area (Å²) < 4.78 is 40.7. The first-order chi connectivity index (χ1) is 11.4. The first kappa shape index (κ1) is 17.0. The van der Waals surface area contributed by atoms with Crippen LogP contribution in [-0.2, 0) is 4.79 Å². The normalized spacial score (nSPS) is 26.2. The van der Waals surface area contributed by atoms with E-state index in [1.165, 1.54) is 31.2 Å². The number of hydrogen-bond donors (Lipinski definition) is 2. The molecule has 2 fully saturated rings. The van der Waals surface area contributed by atoms with Crippen molar-refractivity contribution >= 4 is 11.6 Å². The Morgan fingerprint density at radius 1 is 1.29 bits per heavy atom. The van der Waals surface area contributed by atoms with Crippen LogP contribution in [0.1, 0.15) is 32.1 Å². The zero-order chi connectivity index (χ0) is 17.2. The molecule has 2 aliphatic rings. The van der Waals surface area contributed by atoms with Gasteiger partial charge in [-0.05, 0) is 37.7 Å². The number of hydrogen-bond acceptors (Lipinski definition) is 4. The van der Waals surface area contributed by atoms with Gasteiger partial charge in [-0.2, -0.15) is 13.2 Å². The van der Waals surface area contributed by atoms with E-state index in [-0.39, 0.29) is 11.8 Å². The van der Waals surface area contributed by atoms with Gasteiger partial charge in [0.1, 0.15) is 0 Å². The topological polar surface area (TPSA) is 63.2 Å². The highest BCUT2D eigenvalue weighted by atomic mass is 19.4. The number of pyridine rings is 1. The Kier molecular flexibility index (Phi) is 4.93. The third-order valence-corrected chi connectivity index (χ3v) is 4.45. The molecule has 0 aliphatic carbocycles. The van der Waals surface area contributed by atoms with Crippen molar-refractivity contribution in [1.29, 1.82) is 0 Å². The van der Waals surface area contributed by atoms with Crippen LogP contribution in [-0.4, -0.2) is 35.8 Å². The van der Waals surface area contributed by atoms with Crippen molar-refractivity contribution in [1.82, 2.24) is 10.3 Å². The van der Waals surface area contributed by atoms with Gasteiger partial charge in [0, 0.05) is 24.6 Å². The molecule has 2 unspecified atom stereocenters. The van der Waals surface area contributed by atoms with Crippen LogP contribution in [0.4, 0.5) is 18.9 Å². The summed E-state index contributed by atoms with van der Waals surface area (Å²) in [7, 11) is 0. The minimum atomic E-state index is -4.40.